The second-order valence-corrected chi connectivity index (χ2v) is 4.10. The molecule has 2 aromatic carbocycles. The number of benzene rings is 2. The summed E-state index contributed by atoms with van der Waals surface area (Å²) in [6.45, 7) is 1.32. The normalized spacial score (nSPS) is 11.7. The molecule has 0 spiro atoms. The predicted molar refractivity (Wildman–Crippen MR) is 61.5 cm³/mol. The van der Waals surface area contributed by atoms with E-state index < -0.39 is 23.4 Å². The minimum absolute atomic E-state index is 0.0156. The fraction of sp³-hybridized carbons (Fsp3) is 0.143. The van der Waals surface area contributed by atoms with Gasteiger partial charge in [0.2, 0.25) is 0 Å². The third-order valence-corrected chi connectivity index (χ3v) is 2.83. The fourth-order valence-corrected chi connectivity index (χ4v) is 1.89. The molecule has 0 saturated carbocycles. The van der Waals surface area contributed by atoms with Gasteiger partial charge in [0, 0.05) is 6.07 Å². The lowest BCUT2D eigenvalue weighted by molar-refractivity contribution is -0.137. The summed E-state index contributed by atoms with van der Waals surface area (Å²) in [5.41, 5.74) is -1.25. The van der Waals surface area contributed by atoms with Crippen LogP contribution in [0.4, 0.5) is 22.0 Å². The molecule has 0 fully saturated rings. The third-order valence-electron chi connectivity index (χ3n) is 2.83. The van der Waals surface area contributed by atoms with Crippen LogP contribution in [-0.2, 0) is 6.18 Å². The molecule has 0 unspecified atom stereocenters. The number of hydrogen-bond acceptors (Lipinski definition) is 0. The van der Waals surface area contributed by atoms with Crippen molar-refractivity contribution in [3.63, 3.8) is 0 Å². The van der Waals surface area contributed by atoms with Crippen molar-refractivity contribution in [2.24, 2.45) is 0 Å². The summed E-state index contributed by atoms with van der Waals surface area (Å²) in [6, 6.07) is 6.27. The maximum atomic E-state index is 13.4. The van der Waals surface area contributed by atoms with Gasteiger partial charge in [-0.15, -0.1) is 0 Å². The highest BCUT2D eigenvalue weighted by Gasteiger charge is 2.33. The lowest BCUT2D eigenvalue weighted by Gasteiger charge is -2.15. The van der Waals surface area contributed by atoms with Gasteiger partial charge in [0.1, 0.15) is 11.6 Å². The average Bonchev–Trinajstić information content (AvgIpc) is 2.33. The Labute approximate surface area is 106 Å². The monoisotopic (exact) mass is 272 g/mol. The molecule has 0 aliphatic heterocycles. The second kappa shape index (κ2) is 4.64. The van der Waals surface area contributed by atoms with E-state index in [1.807, 2.05) is 0 Å². The summed E-state index contributed by atoms with van der Waals surface area (Å²) in [5.74, 6) is -1.78. The standard InChI is InChI=1S/C14H9F5/c1-8-11(6-9(15)7-13(8)16)10-4-2-3-5-12(10)14(17,18)19/h2-7H,1H3. The van der Waals surface area contributed by atoms with Crippen LogP contribution in [0.1, 0.15) is 11.1 Å². The highest BCUT2D eigenvalue weighted by Crippen LogP contribution is 2.38. The molecule has 0 aliphatic carbocycles. The minimum Gasteiger partial charge on any atom is -0.207 e. The van der Waals surface area contributed by atoms with Crippen molar-refractivity contribution in [1.29, 1.82) is 0 Å². The molecule has 0 amide bonds. The fourth-order valence-electron chi connectivity index (χ4n) is 1.89. The zero-order valence-electron chi connectivity index (χ0n) is 9.85. The Morgan fingerprint density at radius 3 is 2.16 bits per heavy atom. The summed E-state index contributed by atoms with van der Waals surface area (Å²) in [5, 5.41) is 0. The largest absolute Gasteiger partial charge is 0.417 e. The highest BCUT2D eigenvalue weighted by atomic mass is 19.4. The molecule has 0 aliphatic rings. The Balaban J connectivity index is 2.73. The van der Waals surface area contributed by atoms with Crippen molar-refractivity contribution in [2.75, 3.05) is 0 Å². The molecule has 0 heterocycles. The van der Waals surface area contributed by atoms with Gasteiger partial charge >= 0.3 is 6.18 Å². The maximum Gasteiger partial charge on any atom is 0.417 e. The quantitative estimate of drug-likeness (QED) is 0.644. The molecule has 0 aromatic heterocycles. The van der Waals surface area contributed by atoms with Crippen LogP contribution in [0.2, 0.25) is 0 Å². The van der Waals surface area contributed by atoms with E-state index >= 15 is 0 Å². The zero-order valence-corrected chi connectivity index (χ0v) is 9.85. The van der Waals surface area contributed by atoms with E-state index in [2.05, 4.69) is 0 Å². The molecule has 0 nitrogen and oxygen atoms in total. The van der Waals surface area contributed by atoms with Crippen molar-refractivity contribution in [3.8, 4) is 11.1 Å². The smallest absolute Gasteiger partial charge is 0.207 e. The lowest BCUT2D eigenvalue weighted by Crippen LogP contribution is -2.07. The summed E-state index contributed by atoms with van der Waals surface area (Å²) >= 11 is 0. The SMILES string of the molecule is Cc1c(F)cc(F)cc1-c1ccccc1C(F)(F)F. The van der Waals surface area contributed by atoms with E-state index in [4.69, 9.17) is 0 Å². The van der Waals surface area contributed by atoms with Crippen LogP contribution in [-0.4, -0.2) is 0 Å². The van der Waals surface area contributed by atoms with Crippen LogP contribution in [0.5, 0.6) is 0 Å². The van der Waals surface area contributed by atoms with E-state index in [-0.39, 0.29) is 16.7 Å². The molecule has 0 saturated heterocycles. The van der Waals surface area contributed by atoms with Crippen LogP contribution in [0.25, 0.3) is 11.1 Å². The summed E-state index contributed by atoms with van der Waals surface area (Å²) in [6.07, 6.45) is -4.58. The molecule has 2 rings (SSSR count). The first-order chi connectivity index (χ1) is 8.80. The number of halogens is 5. The van der Waals surface area contributed by atoms with Crippen molar-refractivity contribution >= 4 is 0 Å². The van der Waals surface area contributed by atoms with E-state index in [1.54, 1.807) is 0 Å². The molecular formula is C14H9F5. The molecule has 100 valence electrons. The average molecular weight is 272 g/mol. The summed E-state index contributed by atoms with van der Waals surface area (Å²) < 4.78 is 65.3. The Kier molecular flexibility index (Phi) is 3.30. The Morgan fingerprint density at radius 1 is 0.895 bits per heavy atom. The predicted octanol–water partition coefficient (Wildman–Crippen LogP) is 4.96. The molecule has 0 N–H and O–H groups in total. The molecule has 0 bridgehead atoms. The van der Waals surface area contributed by atoms with Gasteiger partial charge in [-0.05, 0) is 35.7 Å². The Hall–Kier alpha value is -1.91. The van der Waals surface area contributed by atoms with Gasteiger partial charge in [-0.3, -0.25) is 0 Å². The molecule has 19 heavy (non-hydrogen) atoms. The molecule has 2 aromatic rings. The molecule has 0 radical (unpaired) electrons. The number of hydrogen-bond donors (Lipinski definition) is 0. The molecule has 5 heteroatoms. The maximum absolute atomic E-state index is 13.4. The highest BCUT2D eigenvalue weighted by molar-refractivity contribution is 5.71. The van der Waals surface area contributed by atoms with Gasteiger partial charge in [0.05, 0.1) is 5.56 Å². The van der Waals surface area contributed by atoms with Gasteiger partial charge in [-0.25, -0.2) is 8.78 Å². The van der Waals surface area contributed by atoms with Gasteiger partial charge in [-0.2, -0.15) is 13.2 Å². The summed E-state index contributed by atoms with van der Waals surface area (Å²) in [4.78, 5) is 0. The number of rotatable bonds is 1. The first-order valence-electron chi connectivity index (χ1n) is 5.43. The lowest BCUT2D eigenvalue weighted by atomic mass is 9.95. The third kappa shape index (κ3) is 2.59. The van der Waals surface area contributed by atoms with Crippen LogP contribution in [0.15, 0.2) is 36.4 Å². The summed E-state index contributed by atoms with van der Waals surface area (Å²) in [7, 11) is 0. The van der Waals surface area contributed by atoms with E-state index in [9.17, 15) is 22.0 Å². The van der Waals surface area contributed by atoms with Crippen LogP contribution in [0, 0.1) is 18.6 Å². The van der Waals surface area contributed by atoms with Crippen molar-refractivity contribution in [1.82, 2.24) is 0 Å². The minimum atomic E-state index is -4.58. The van der Waals surface area contributed by atoms with Crippen molar-refractivity contribution in [2.45, 2.75) is 13.1 Å². The first kappa shape index (κ1) is 13.5. The van der Waals surface area contributed by atoms with E-state index in [1.165, 1.54) is 25.1 Å². The van der Waals surface area contributed by atoms with Crippen molar-refractivity contribution in [3.05, 3.63) is 59.2 Å². The first-order valence-corrected chi connectivity index (χ1v) is 5.43. The van der Waals surface area contributed by atoms with Gasteiger partial charge in [0.25, 0.3) is 0 Å². The molecule has 0 atom stereocenters. The van der Waals surface area contributed by atoms with Gasteiger partial charge in [0.15, 0.2) is 0 Å². The van der Waals surface area contributed by atoms with Gasteiger partial charge < -0.3 is 0 Å². The van der Waals surface area contributed by atoms with E-state index in [0.717, 1.165) is 12.1 Å². The second-order valence-electron chi connectivity index (χ2n) is 4.10. The van der Waals surface area contributed by atoms with Crippen molar-refractivity contribution < 1.29 is 22.0 Å². The van der Waals surface area contributed by atoms with Crippen LogP contribution < -0.4 is 0 Å². The van der Waals surface area contributed by atoms with Gasteiger partial charge in [-0.1, -0.05) is 18.2 Å². The number of alkyl halides is 3. The van der Waals surface area contributed by atoms with Crippen LogP contribution in [0.3, 0.4) is 0 Å². The zero-order chi connectivity index (χ0) is 14.2. The van der Waals surface area contributed by atoms with E-state index in [0.29, 0.717) is 6.07 Å². The topological polar surface area (TPSA) is 0 Å². The Morgan fingerprint density at radius 2 is 1.53 bits per heavy atom. The van der Waals surface area contributed by atoms with Crippen LogP contribution >= 0.6 is 0 Å². The molecular weight excluding hydrogens is 263 g/mol. The Bertz CT molecular complexity index is 614.